The van der Waals surface area contributed by atoms with E-state index in [0.717, 1.165) is 31.7 Å². The van der Waals surface area contributed by atoms with Crippen LogP contribution in [0.3, 0.4) is 0 Å². The lowest BCUT2D eigenvalue weighted by atomic mass is 10.3. The topological polar surface area (TPSA) is 92.9 Å². The van der Waals surface area contributed by atoms with Gasteiger partial charge < -0.3 is 9.88 Å². The normalized spacial score (nSPS) is 11.0. The third-order valence-corrected chi connectivity index (χ3v) is 3.02. The summed E-state index contributed by atoms with van der Waals surface area (Å²) in [6, 6.07) is 1.74. The minimum absolute atomic E-state index is 0.278. The van der Waals surface area contributed by atoms with Crippen molar-refractivity contribution in [2.45, 2.75) is 19.4 Å². The van der Waals surface area contributed by atoms with Crippen molar-refractivity contribution in [3.63, 3.8) is 0 Å². The minimum atomic E-state index is -0.278. The number of aromatic nitrogens is 6. The highest BCUT2D eigenvalue weighted by Crippen LogP contribution is 2.05. The number of aromatic amines is 1. The predicted octanol–water partition coefficient (Wildman–Crippen LogP) is 0.506. The van der Waals surface area contributed by atoms with Crippen molar-refractivity contribution in [2.75, 3.05) is 11.9 Å². The summed E-state index contributed by atoms with van der Waals surface area (Å²) in [5.41, 5.74) is 0.283. The number of fused-ring (bicyclic) bond motifs is 1. The number of unbranched alkanes of at least 4 members (excludes halogenated alkanes) is 1. The Morgan fingerprint density at radius 2 is 2.25 bits per heavy atom. The van der Waals surface area contributed by atoms with E-state index >= 15 is 0 Å². The van der Waals surface area contributed by atoms with Gasteiger partial charge in [0.1, 0.15) is 12.1 Å². The smallest absolute Gasteiger partial charge is 0.348 e. The molecule has 3 aromatic rings. The van der Waals surface area contributed by atoms with Gasteiger partial charge in [-0.25, -0.2) is 24.3 Å². The van der Waals surface area contributed by atoms with Crippen molar-refractivity contribution in [3.05, 3.63) is 41.6 Å². The van der Waals surface area contributed by atoms with Gasteiger partial charge in [0.2, 0.25) is 0 Å². The van der Waals surface area contributed by atoms with Crippen LogP contribution in [0.1, 0.15) is 12.8 Å². The summed E-state index contributed by atoms with van der Waals surface area (Å²) in [6.07, 6.45) is 9.11. The number of aryl methyl sites for hydroxylation is 1. The van der Waals surface area contributed by atoms with E-state index in [0.29, 0.717) is 5.65 Å². The molecule has 0 saturated heterocycles. The number of H-pyrrole nitrogens is 1. The number of imidazole rings is 1. The monoisotopic (exact) mass is 273 g/mol. The summed E-state index contributed by atoms with van der Waals surface area (Å²) < 4.78 is 3.42. The number of hydrogen-bond acceptors (Lipinski definition) is 5. The number of nitrogens with zero attached hydrogens (tertiary/aromatic N) is 5. The average molecular weight is 273 g/mol. The molecule has 0 aromatic carbocycles. The molecule has 0 unspecified atom stereocenters. The van der Waals surface area contributed by atoms with Crippen LogP contribution in [0.4, 0.5) is 5.82 Å². The molecule has 8 nitrogen and oxygen atoms in total. The Labute approximate surface area is 114 Å². The van der Waals surface area contributed by atoms with Gasteiger partial charge in [0.15, 0.2) is 5.65 Å². The molecule has 0 aliphatic carbocycles. The Kier molecular flexibility index (Phi) is 3.44. The summed E-state index contributed by atoms with van der Waals surface area (Å²) in [7, 11) is 0. The van der Waals surface area contributed by atoms with E-state index in [9.17, 15) is 4.79 Å². The molecule has 3 rings (SSSR count). The van der Waals surface area contributed by atoms with E-state index in [1.807, 2.05) is 12.5 Å². The zero-order valence-electron chi connectivity index (χ0n) is 10.9. The third kappa shape index (κ3) is 2.68. The van der Waals surface area contributed by atoms with Crippen LogP contribution in [0.5, 0.6) is 0 Å². The first-order valence-corrected chi connectivity index (χ1v) is 6.45. The SMILES string of the molecule is O=c1[nH]nc2cc(NCCCCn3ccnc3)ncn12. The fourth-order valence-corrected chi connectivity index (χ4v) is 1.96. The van der Waals surface area contributed by atoms with Crippen LogP contribution in [0.15, 0.2) is 35.9 Å². The van der Waals surface area contributed by atoms with Crippen molar-refractivity contribution in [1.82, 2.24) is 29.1 Å². The van der Waals surface area contributed by atoms with Crippen LogP contribution in [0, 0.1) is 0 Å². The second-order valence-corrected chi connectivity index (χ2v) is 4.47. The highest BCUT2D eigenvalue weighted by atomic mass is 16.1. The van der Waals surface area contributed by atoms with Gasteiger partial charge in [-0.3, -0.25) is 0 Å². The Hall–Kier alpha value is -2.64. The van der Waals surface area contributed by atoms with Gasteiger partial charge in [0, 0.05) is 31.5 Å². The molecule has 0 spiro atoms. The molecular formula is C12H15N7O. The van der Waals surface area contributed by atoms with E-state index in [2.05, 4.69) is 30.0 Å². The first-order valence-electron chi connectivity index (χ1n) is 6.45. The van der Waals surface area contributed by atoms with Crippen LogP contribution in [-0.2, 0) is 6.54 Å². The van der Waals surface area contributed by atoms with E-state index in [4.69, 9.17) is 0 Å². The molecule has 104 valence electrons. The molecule has 0 aliphatic heterocycles. The van der Waals surface area contributed by atoms with E-state index in [1.165, 1.54) is 10.7 Å². The molecule has 3 heterocycles. The van der Waals surface area contributed by atoms with Crippen LogP contribution >= 0.6 is 0 Å². The van der Waals surface area contributed by atoms with Crippen molar-refractivity contribution >= 4 is 11.5 Å². The van der Waals surface area contributed by atoms with Crippen LogP contribution in [-0.4, -0.2) is 35.7 Å². The zero-order valence-corrected chi connectivity index (χ0v) is 10.9. The Bertz CT molecular complexity index is 728. The number of rotatable bonds is 6. The first-order chi connectivity index (χ1) is 9.83. The Morgan fingerprint density at radius 3 is 3.10 bits per heavy atom. The minimum Gasteiger partial charge on any atom is -0.370 e. The van der Waals surface area contributed by atoms with Gasteiger partial charge in [-0.2, -0.15) is 5.10 Å². The van der Waals surface area contributed by atoms with Gasteiger partial charge in [-0.1, -0.05) is 0 Å². The van der Waals surface area contributed by atoms with Gasteiger partial charge >= 0.3 is 5.69 Å². The summed E-state index contributed by atoms with van der Waals surface area (Å²) in [4.78, 5) is 19.4. The molecule has 0 saturated carbocycles. The van der Waals surface area contributed by atoms with Crippen LogP contribution < -0.4 is 11.0 Å². The van der Waals surface area contributed by atoms with Gasteiger partial charge in [0.25, 0.3) is 0 Å². The summed E-state index contributed by atoms with van der Waals surface area (Å²) in [5, 5.41) is 9.49. The first kappa shape index (κ1) is 12.4. The second kappa shape index (κ2) is 5.55. The van der Waals surface area contributed by atoms with E-state index in [1.54, 1.807) is 12.3 Å². The summed E-state index contributed by atoms with van der Waals surface area (Å²) in [6.45, 7) is 1.79. The number of hydrogen-bond donors (Lipinski definition) is 2. The van der Waals surface area contributed by atoms with Gasteiger partial charge in [-0.15, -0.1) is 0 Å². The molecular weight excluding hydrogens is 258 g/mol. The van der Waals surface area contributed by atoms with Gasteiger partial charge in [0.05, 0.1) is 6.33 Å². The Morgan fingerprint density at radius 1 is 1.30 bits per heavy atom. The van der Waals surface area contributed by atoms with Crippen molar-refractivity contribution in [2.24, 2.45) is 0 Å². The average Bonchev–Trinajstić information content (AvgIpc) is 3.09. The lowest BCUT2D eigenvalue weighted by Crippen LogP contribution is -2.10. The molecule has 0 fully saturated rings. The van der Waals surface area contributed by atoms with Crippen molar-refractivity contribution in [1.29, 1.82) is 0 Å². The standard InChI is InChI=1S/C12H15N7O/c20-12-17-16-11-7-10(15-9-19(11)12)14-3-1-2-5-18-6-4-13-8-18/h4,6-9,14H,1-3,5H2,(H,17,20). The Balaban J connectivity index is 1.48. The molecule has 0 aliphatic rings. The molecule has 8 heteroatoms. The highest BCUT2D eigenvalue weighted by Gasteiger charge is 2.01. The van der Waals surface area contributed by atoms with E-state index < -0.39 is 0 Å². The third-order valence-electron chi connectivity index (χ3n) is 3.02. The maximum Gasteiger partial charge on any atom is 0.348 e. The highest BCUT2D eigenvalue weighted by molar-refractivity contribution is 5.48. The van der Waals surface area contributed by atoms with Crippen LogP contribution in [0.2, 0.25) is 0 Å². The molecule has 2 N–H and O–H groups in total. The maximum atomic E-state index is 11.3. The van der Waals surface area contributed by atoms with Crippen LogP contribution in [0.25, 0.3) is 5.65 Å². The molecule has 0 amide bonds. The van der Waals surface area contributed by atoms with Gasteiger partial charge in [-0.05, 0) is 12.8 Å². The molecule has 0 atom stereocenters. The van der Waals surface area contributed by atoms with E-state index in [-0.39, 0.29) is 5.69 Å². The molecule has 20 heavy (non-hydrogen) atoms. The number of anilines is 1. The lowest BCUT2D eigenvalue weighted by molar-refractivity contribution is 0.620. The summed E-state index contributed by atoms with van der Waals surface area (Å²) >= 11 is 0. The van der Waals surface area contributed by atoms with Crippen molar-refractivity contribution in [3.8, 4) is 0 Å². The second-order valence-electron chi connectivity index (χ2n) is 4.47. The van der Waals surface area contributed by atoms with Crippen molar-refractivity contribution < 1.29 is 0 Å². The maximum absolute atomic E-state index is 11.3. The zero-order chi connectivity index (χ0) is 13.8. The summed E-state index contributed by atoms with van der Waals surface area (Å²) in [5.74, 6) is 0.721. The number of nitrogens with one attached hydrogen (secondary N) is 2. The molecule has 0 bridgehead atoms. The predicted molar refractivity (Wildman–Crippen MR) is 73.6 cm³/mol. The fourth-order valence-electron chi connectivity index (χ4n) is 1.96. The quantitative estimate of drug-likeness (QED) is 0.638. The fraction of sp³-hybridized carbons (Fsp3) is 0.333. The molecule has 3 aromatic heterocycles. The largest absolute Gasteiger partial charge is 0.370 e. The molecule has 0 radical (unpaired) electrons. The lowest BCUT2D eigenvalue weighted by Gasteiger charge is -2.05.